The number of phenols is 1. The largest absolute Gasteiger partial charge is 0.508 e. The van der Waals surface area contributed by atoms with Gasteiger partial charge in [-0.1, -0.05) is 12.1 Å². The summed E-state index contributed by atoms with van der Waals surface area (Å²) >= 11 is 0. The molecule has 0 spiro atoms. The van der Waals surface area contributed by atoms with Crippen molar-refractivity contribution in [2.45, 2.75) is 13.3 Å². The molecule has 18 heavy (non-hydrogen) atoms. The Morgan fingerprint density at radius 3 is 3.00 bits per heavy atom. The Morgan fingerprint density at radius 2 is 2.17 bits per heavy atom. The molecular formula is C13H12N4O. The zero-order valence-corrected chi connectivity index (χ0v) is 9.91. The zero-order valence-electron chi connectivity index (χ0n) is 9.91. The number of nitrogens with zero attached hydrogens (tertiary/aromatic N) is 4. The first-order valence-electron chi connectivity index (χ1n) is 5.70. The van der Waals surface area contributed by atoms with Crippen molar-refractivity contribution in [1.29, 1.82) is 0 Å². The van der Waals surface area contributed by atoms with Crippen LogP contribution in [0.25, 0.3) is 0 Å². The second kappa shape index (κ2) is 4.10. The van der Waals surface area contributed by atoms with Crippen molar-refractivity contribution in [3.63, 3.8) is 0 Å². The standard InChI is InChI=1S/C13H12N4O/c1-9-15-13(10-4-2-5-11(18)8-10)16-12-6-3-7-14-17(9)12/h2,4-8,18H,3H2,1H3. The maximum atomic E-state index is 9.49. The van der Waals surface area contributed by atoms with Gasteiger partial charge in [-0.3, -0.25) is 0 Å². The Bertz CT molecular complexity index is 613. The maximum absolute atomic E-state index is 9.49. The average Bonchev–Trinajstić information content (AvgIpc) is 2.39. The smallest absolute Gasteiger partial charge is 0.163 e. The van der Waals surface area contributed by atoms with Gasteiger partial charge in [0.2, 0.25) is 0 Å². The number of hydrazone groups is 1. The van der Waals surface area contributed by atoms with E-state index >= 15 is 0 Å². The van der Waals surface area contributed by atoms with E-state index in [1.807, 2.05) is 25.3 Å². The molecule has 0 aromatic heterocycles. The lowest BCUT2D eigenvalue weighted by molar-refractivity contribution is 0.475. The lowest BCUT2D eigenvalue weighted by atomic mass is 10.2. The summed E-state index contributed by atoms with van der Waals surface area (Å²) in [6.07, 6.45) is 4.58. The van der Waals surface area contributed by atoms with Gasteiger partial charge < -0.3 is 5.11 Å². The van der Waals surface area contributed by atoms with E-state index in [9.17, 15) is 5.11 Å². The molecule has 0 radical (unpaired) electrons. The van der Waals surface area contributed by atoms with Crippen LogP contribution in [0.4, 0.5) is 0 Å². The number of hydrogen-bond acceptors (Lipinski definition) is 5. The number of allylic oxidation sites excluding steroid dienone is 1. The number of amidine groups is 2. The van der Waals surface area contributed by atoms with Gasteiger partial charge in [-0.2, -0.15) is 5.10 Å². The molecule has 0 saturated carbocycles. The van der Waals surface area contributed by atoms with Gasteiger partial charge in [0, 0.05) is 18.2 Å². The molecule has 0 saturated heterocycles. The molecule has 2 aliphatic rings. The van der Waals surface area contributed by atoms with Crippen LogP contribution in [0.15, 0.2) is 51.2 Å². The molecule has 90 valence electrons. The molecule has 0 unspecified atom stereocenters. The SMILES string of the molecule is CC1=NC(c2cccc(O)c2)=NC2=CCC=NN21. The molecule has 0 aliphatic carbocycles. The van der Waals surface area contributed by atoms with Crippen LogP contribution in [0.2, 0.25) is 0 Å². The Morgan fingerprint density at radius 1 is 1.28 bits per heavy atom. The van der Waals surface area contributed by atoms with Gasteiger partial charge in [0.05, 0.1) is 0 Å². The van der Waals surface area contributed by atoms with E-state index in [4.69, 9.17) is 0 Å². The van der Waals surface area contributed by atoms with E-state index in [0.717, 1.165) is 23.6 Å². The summed E-state index contributed by atoms with van der Waals surface area (Å²) in [4.78, 5) is 8.86. The van der Waals surface area contributed by atoms with E-state index in [0.29, 0.717) is 5.84 Å². The van der Waals surface area contributed by atoms with Crippen molar-refractivity contribution in [2.24, 2.45) is 15.1 Å². The van der Waals surface area contributed by atoms with Gasteiger partial charge in [0.1, 0.15) is 11.6 Å². The zero-order chi connectivity index (χ0) is 12.5. The summed E-state index contributed by atoms with van der Waals surface area (Å²) in [6.45, 7) is 1.88. The molecule has 1 N–H and O–H groups in total. The van der Waals surface area contributed by atoms with Crippen molar-refractivity contribution < 1.29 is 5.11 Å². The average molecular weight is 240 g/mol. The number of benzene rings is 1. The topological polar surface area (TPSA) is 60.6 Å². The number of aliphatic imine (C=N–C) groups is 2. The van der Waals surface area contributed by atoms with Crippen molar-refractivity contribution in [3.05, 3.63) is 41.7 Å². The number of fused-ring (bicyclic) bond motifs is 1. The third-order valence-corrected chi connectivity index (χ3v) is 2.72. The van der Waals surface area contributed by atoms with Crippen molar-refractivity contribution in [2.75, 3.05) is 0 Å². The summed E-state index contributed by atoms with van der Waals surface area (Å²) in [5.41, 5.74) is 0.796. The van der Waals surface area contributed by atoms with Crippen LogP contribution in [0.5, 0.6) is 5.75 Å². The quantitative estimate of drug-likeness (QED) is 0.817. The van der Waals surface area contributed by atoms with Crippen molar-refractivity contribution in [3.8, 4) is 5.75 Å². The van der Waals surface area contributed by atoms with Crippen LogP contribution in [0.3, 0.4) is 0 Å². The number of hydrogen-bond donors (Lipinski definition) is 1. The maximum Gasteiger partial charge on any atom is 0.163 e. The van der Waals surface area contributed by atoms with E-state index in [1.54, 1.807) is 23.2 Å². The molecule has 1 aromatic carbocycles. The summed E-state index contributed by atoms with van der Waals surface area (Å²) < 4.78 is 0. The monoisotopic (exact) mass is 240 g/mol. The van der Waals surface area contributed by atoms with Gasteiger partial charge in [-0.25, -0.2) is 15.0 Å². The van der Waals surface area contributed by atoms with Crippen LogP contribution in [0, 0.1) is 0 Å². The molecule has 3 rings (SSSR count). The minimum Gasteiger partial charge on any atom is -0.508 e. The molecule has 0 fully saturated rings. The summed E-state index contributed by atoms with van der Waals surface area (Å²) in [7, 11) is 0. The van der Waals surface area contributed by atoms with Gasteiger partial charge in [-0.15, -0.1) is 0 Å². The predicted molar refractivity (Wildman–Crippen MR) is 70.8 cm³/mol. The molecule has 0 atom stereocenters. The van der Waals surface area contributed by atoms with Crippen LogP contribution in [-0.2, 0) is 0 Å². The lowest BCUT2D eigenvalue weighted by Crippen LogP contribution is -2.29. The third-order valence-electron chi connectivity index (χ3n) is 2.72. The number of aromatic hydroxyl groups is 1. The fraction of sp³-hybridized carbons (Fsp3) is 0.154. The Balaban J connectivity index is 2.04. The second-order valence-electron chi connectivity index (χ2n) is 4.05. The molecule has 2 heterocycles. The van der Waals surface area contributed by atoms with Gasteiger partial charge >= 0.3 is 0 Å². The molecule has 0 amide bonds. The molecule has 5 heteroatoms. The summed E-state index contributed by atoms with van der Waals surface area (Å²) in [5.74, 6) is 2.36. The van der Waals surface area contributed by atoms with Crippen LogP contribution in [-0.4, -0.2) is 28.0 Å². The fourth-order valence-electron chi connectivity index (χ4n) is 1.88. The minimum absolute atomic E-state index is 0.209. The van der Waals surface area contributed by atoms with E-state index in [1.165, 1.54) is 0 Å². The normalized spacial score (nSPS) is 17.8. The Labute approximate surface area is 104 Å². The Kier molecular flexibility index (Phi) is 2.44. The van der Waals surface area contributed by atoms with Gasteiger partial charge in [0.15, 0.2) is 11.7 Å². The molecule has 0 bridgehead atoms. The molecule has 2 aliphatic heterocycles. The molecule has 5 nitrogen and oxygen atoms in total. The summed E-state index contributed by atoms with van der Waals surface area (Å²) in [6, 6.07) is 6.92. The number of rotatable bonds is 1. The third kappa shape index (κ3) is 1.79. The highest BCUT2D eigenvalue weighted by molar-refractivity contribution is 6.08. The van der Waals surface area contributed by atoms with E-state index in [2.05, 4.69) is 15.1 Å². The highest BCUT2D eigenvalue weighted by atomic mass is 16.3. The molecular weight excluding hydrogens is 228 g/mol. The second-order valence-corrected chi connectivity index (χ2v) is 4.05. The van der Waals surface area contributed by atoms with Gasteiger partial charge in [-0.05, 0) is 25.1 Å². The summed E-state index contributed by atoms with van der Waals surface area (Å²) in [5, 5.41) is 15.4. The lowest BCUT2D eigenvalue weighted by Gasteiger charge is -2.25. The van der Waals surface area contributed by atoms with E-state index in [-0.39, 0.29) is 5.75 Å². The minimum atomic E-state index is 0.209. The molecule has 1 aromatic rings. The predicted octanol–water partition coefficient (Wildman–Crippen LogP) is 2.10. The highest BCUT2D eigenvalue weighted by Gasteiger charge is 2.20. The van der Waals surface area contributed by atoms with Crippen LogP contribution >= 0.6 is 0 Å². The highest BCUT2D eigenvalue weighted by Crippen LogP contribution is 2.21. The van der Waals surface area contributed by atoms with Crippen molar-refractivity contribution >= 4 is 17.9 Å². The first kappa shape index (κ1) is 10.7. The van der Waals surface area contributed by atoms with Crippen molar-refractivity contribution in [1.82, 2.24) is 5.01 Å². The first-order chi connectivity index (χ1) is 8.74. The Hall–Kier alpha value is -2.43. The van der Waals surface area contributed by atoms with E-state index < -0.39 is 0 Å². The van der Waals surface area contributed by atoms with Crippen LogP contribution in [0.1, 0.15) is 18.9 Å². The fourth-order valence-corrected chi connectivity index (χ4v) is 1.88. The first-order valence-corrected chi connectivity index (χ1v) is 5.70. The van der Waals surface area contributed by atoms with Gasteiger partial charge in [0.25, 0.3) is 0 Å². The van der Waals surface area contributed by atoms with Crippen LogP contribution < -0.4 is 0 Å². The number of phenolic OH excluding ortho intramolecular Hbond substituents is 1.